The summed E-state index contributed by atoms with van der Waals surface area (Å²) < 4.78 is 12.6. The summed E-state index contributed by atoms with van der Waals surface area (Å²) in [6.07, 6.45) is 1.46. The maximum absolute atomic E-state index is 9.11. The summed E-state index contributed by atoms with van der Waals surface area (Å²) in [5, 5.41) is 18.5. The average molecular weight is 301 g/mol. The lowest BCUT2D eigenvalue weighted by molar-refractivity contribution is 0.171. The third kappa shape index (κ3) is 2.37. The first-order chi connectivity index (χ1) is 10.2. The van der Waals surface area contributed by atoms with Crippen LogP contribution in [0.5, 0.6) is 11.5 Å². The average Bonchev–Trinajstić information content (AvgIpc) is 2.89. The molecule has 0 aliphatic carbocycles. The number of hydrogen-bond acceptors (Lipinski definition) is 5. The van der Waals surface area contributed by atoms with Crippen LogP contribution in [0.1, 0.15) is 17.0 Å². The highest BCUT2D eigenvalue weighted by Gasteiger charge is 2.17. The summed E-state index contributed by atoms with van der Waals surface area (Å²) in [6.45, 7) is 1.31. The lowest BCUT2D eigenvalue weighted by atomic mass is 10.2. The number of hydrogen-bond donors (Lipinski definition) is 0. The van der Waals surface area contributed by atoms with Gasteiger partial charge in [-0.2, -0.15) is 10.5 Å². The Morgan fingerprint density at radius 2 is 2.05 bits per heavy atom. The third-order valence-electron chi connectivity index (χ3n) is 3.06. The summed E-state index contributed by atoms with van der Waals surface area (Å²) in [4.78, 5) is 3.90. The Labute approximate surface area is 125 Å². The predicted molar refractivity (Wildman–Crippen MR) is 73.2 cm³/mol. The van der Waals surface area contributed by atoms with E-state index in [4.69, 9.17) is 31.6 Å². The van der Waals surface area contributed by atoms with E-state index in [1.54, 1.807) is 10.6 Å². The van der Waals surface area contributed by atoms with Gasteiger partial charge in [0, 0.05) is 6.54 Å². The molecule has 1 aliphatic rings. The van der Waals surface area contributed by atoms with Gasteiger partial charge in [-0.1, -0.05) is 11.6 Å². The number of rotatable bonds is 2. The zero-order valence-electron chi connectivity index (χ0n) is 10.8. The van der Waals surface area contributed by atoms with Crippen molar-refractivity contribution in [3.05, 3.63) is 40.4 Å². The molecule has 0 amide bonds. The van der Waals surface area contributed by atoms with Crippen LogP contribution in [0.25, 0.3) is 0 Å². The fourth-order valence-electron chi connectivity index (χ4n) is 2.15. The smallest absolute Gasteiger partial charge is 0.179 e. The zero-order valence-corrected chi connectivity index (χ0v) is 11.6. The van der Waals surface area contributed by atoms with Crippen molar-refractivity contribution >= 4 is 11.6 Å². The van der Waals surface area contributed by atoms with Gasteiger partial charge < -0.3 is 14.0 Å². The van der Waals surface area contributed by atoms with Crippen LogP contribution in [-0.4, -0.2) is 22.8 Å². The van der Waals surface area contributed by atoms with E-state index in [9.17, 15) is 0 Å². The molecule has 6 nitrogen and oxygen atoms in total. The second kappa shape index (κ2) is 5.35. The first kappa shape index (κ1) is 13.3. The van der Waals surface area contributed by atoms with Crippen molar-refractivity contribution in [3.63, 3.8) is 0 Å². The second-order valence-electron chi connectivity index (χ2n) is 4.40. The summed E-state index contributed by atoms with van der Waals surface area (Å²) in [5.41, 5.74) is 1.17. The zero-order chi connectivity index (χ0) is 14.8. The second-order valence-corrected chi connectivity index (χ2v) is 4.80. The van der Waals surface area contributed by atoms with Crippen molar-refractivity contribution in [2.75, 3.05) is 13.2 Å². The number of nitriles is 2. The molecule has 0 radical (unpaired) electrons. The Morgan fingerprint density at radius 3 is 2.81 bits per heavy atom. The molecule has 1 aromatic carbocycles. The molecule has 2 aromatic rings. The van der Waals surface area contributed by atoms with E-state index in [0.29, 0.717) is 36.3 Å². The number of ether oxygens (including phenoxy) is 2. The molecule has 1 aliphatic heterocycles. The Bertz CT molecular complexity index is 785. The van der Waals surface area contributed by atoms with Gasteiger partial charge in [-0.3, -0.25) is 0 Å². The quantitative estimate of drug-likeness (QED) is 0.848. The van der Waals surface area contributed by atoms with E-state index in [2.05, 4.69) is 4.98 Å². The standard InChI is InChI=1S/C14H9ClN4O2/c15-10-3-9(4-13-14(10)21-2-1-20-13)7-19-8-18-11(5-16)12(19)6-17/h3-4,8H,1-2,7H2. The molecule has 0 saturated carbocycles. The van der Waals surface area contributed by atoms with Gasteiger partial charge in [0.25, 0.3) is 0 Å². The normalized spacial score (nSPS) is 12.5. The monoisotopic (exact) mass is 300 g/mol. The molecular formula is C14H9ClN4O2. The van der Waals surface area contributed by atoms with Crippen molar-refractivity contribution in [2.45, 2.75) is 6.54 Å². The minimum atomic E-state index is 0.112. The first-order valence-corrected chi connectivity index (χ1v) is 6.54. The third-order valence-corrected chi connectivity index (χ3v) is 3.34. The number of fused-ring (bicyclic) bond motifs is 1. The molecule has 0 unspecified atom stereocenters. The summed E-state index contributed by atoms with van der Waals surface area (Å²) in [6, 6.07) is 7.44. The lowest BCUT2D eigenvalue weighted by Gasteiger charge is -2.20. The largest absolute Gasteiger partial charge is 0.486 e. The highest BCUT2D eigenvalue weighted by molar-refractivity contribution is 6.32. The Hall–Kier alpha value is -2.70. The van der Waals surface area contributed by atoms with Crippen LogP contribution in [0.3, 0.4) is 0 Å². The van der Waals surface area contributed by atoms with E-state index in [1.165, 1.54) is 6.33 Å². The van der Waals surface area contributed by atoms with Crippen molar-refractivity contribution in [1.82, 2.24) is 9.55 Å². The fraction of sp³-hybridized carbons (Fsp3) is 0.214. The van der Waals surface area contributed by atoms with Crippen molar-refractivity contribution in [1.29, 1.82) is 10.5 Å². The molecule has 0 fully saturated rings. The summed E-state index contributed by atoms with van der Waals surface area (Å²) in [5.74, 6) is 1.12. The van der Waals surface area contributed by atoms with Crippen molar-refractivity contribution < 1.29 is 9.47 Å². The Balaban J connectivity index is 1.96. The van der Waals surface area contributed by atoms with Gasteiger partial charge in [-0.15, -0.1) is 0 Å². The van der Waals surface area contributed by atoms with E-state index < -0.39 is 0 Å². The number of halogens is 1. The molecule has 1 aromatic heterocycles. The summed E-state index contributed by atoms with van der Waals surface area (Å²) >= 11 is 6.17. The minimum Gasteiger partial charge on any atom is -0.486 e. The van der Waals surface area contributed by atoms with Gasteiger partial charge in [-0.25, -0.2) is 4.98 Å². The molecule has 0 bridgehead atoms. The van der Waals surface area contributed by atoms with E-state index in [-0.39, 0.29) is 11.4 Å². The molecule has 0 N–H and O–H groups in total. The number of benzene rings is 1. The predicted octanol–water partition coefficient (Wildman–Crippen LogP) is 2.10. The topological polar surface area (TPSA) is 83.9 Å². The van der Waals surface area contributed by atoms with Crippen LogP contribution in [0.15, 0.2) is 18.5 Å². The van der Waals surface area contributed by atoms with Crippen LogP contribution >= 0.6 is 11.6 Å². The maximum atomic E-state index is 9.11. The van der Waals surface area contributed by atoms with Crippen LogP contribution in [0.2, 0.25) is 5.02 Å². The highest BCUT2D eigenvalue weighted by atomic mass is 35.5. The van der Waals surface area contributed by atoms with E-state index >= 15 is 0 Å². The van der Waals surface area contributed by atoms with E-state index in [0.717, 1.165) is 5.56 Å². The van der Waals surface area contributed by atoms with Gasteiger partial charge in [0.05, 0.1) is 11.3 Å². The Morgan fingerprint density at radius 1 is 1.24 bits per heavy atom. The van der Waals surface area contributed by atoms with Gasteiger partial charge in [0.1, 0.15) is 25.4 Å². The van der Waals surface area contributed by atoms with E-state index in [1.807, 2.05) is 18.2 Å². The molecule has 0 saturated heterocycles. The lowest BCUT2D eigenvalue weighted by Crippen LogP contribution is -2.16. The van der Waals surface area contributed by atoms with Crippen molar-refractivity contribution in [2.24, 2.45) is 0 Å². The SMILES string of the molecule is N#Cc1ncn(Cc2cc(Cl)c3c(c2)OCCO3)c1C#N. The molecule has 21 heavy (non-hydrogen) atoms. The molecule has 104 valence electrons. The summed E-state index contributed by atoms with van der Waals surface area (Å²) in [7, 11) is 0. The van der Waals surface area contributed by atoms with Gasteiger partial charge in [0.15, 0.2) is 22.9 Å². The van der Waals surface area contributed by atoms with Crippen LogP contribution in [0, 0.1) is 22.7 Å². The number of imidazole rings is 1. The van der Waals surface area contributed by atoms with Crippen molar-refractivity contribution in [3.8, 4) is 23.6 Å². The molecule has 2 heterocycles. The molecule has 0 atom stereocenters. The number of nitrogens with zero attached hydrogens (tertiary/aromatic N) is 4. The van der Waals surface area contributed by atoms with Gasteiger partial charge in [0.2, 0.25) is 0 Å². The van der Waals surface area contributed by atoms with Gasteiger partial charge in [-0.05, 0) is 17.7 Å². The molecular weight excluding hydrogens is 292 g/mol. The minimum absolute atomic E-state index is 0.112. The van der Waals surface area contributed by atoms with Crippen LogP contribution < -0.4 is 9.47 Å². The molecule has 3 rings (SSSR count). The fourth-order valence-corrected chi connectivity index (χ4v) is 2.44. The first-order valence-electron chi connectivity index (χ1n) is 6.16. The Kier molecular flexibility index (Phi) is 3.39. The molecule has 7 heteroatoms. The van der Waals surface area contributed by atoms with Gasteiger partial charge >= 0.3 is 0 Å². The highest BCUT2D eigenvalue weighted by Crippen LogP contribution is 2.38. The van der Waals surface area contributed by atoms with Crippen LogP contribution in [0.4, 0.5) is 0 Å². The van der Waals surface area contributed by atoms with Crippen LogP contribution in [-0.2, 0) is 6.54 Å². The number of aromatic nitrogens is 2. The maximum Gasteiger partial charge on any atom is 0.179 e. The molecule has 0 spiro atoms.